The molecule has 4 heteroatoms. The lowest BCUT2D eigenvalue weighted by Crippen LogP contribution is -2.38. The number of rotatable bonds is 2. The summed E-state index contributed by atoms with van der Waals surface area (Å²) < 4.78 is 0. The van der Waals surface area contributed by atoms with Crippen molar-refractivity contribution in [3.8, 4) is 0 Å². The maximum absolute atomic E-state index is 4.48. The molecule has 0 bridgehead atoms. The van der Waals surface area contributed by atoms with E-state index >= 15 is 0 Å². The van der Waals surface area contributed by atoms with Crippen molar-refractivity contribution in [2.75, 3.05) is 30.4 Å². The van der Waals surface area contributed by atoms with Crippen LogP contribution < -0.4 is 10.2 Å². The van der Waals surface area contributed by atoms with Crippen molar-refractivity contribution in [1.82, 2.24) is 9.97 Å². The standard InChI is InChI=1S/C10H16N4/c1-7-9(11-3)12-8(2)13-10(7)14-5-4-6-14/h4-6H2,1-3H3,(H,11,12,13). The highest BCUT2D eigenvalue weighted by atomic mass is 15.2. The van der Waals surface area contributed by atoms with E-state index in [0.29, 0.717) is 0 Å². The number of anilines is 2. The molecule has 14 heavy (non-hydrogen) atoms. The first-order valence-electron chi connectivity index (χ1n) is 5.00. The summed E-state index contributed by atoms with van der Waals surface area (Å²) in [7, 11) is 1.90. The zero-order valence-corrected chi connectivity index (χ0v) is 8.96. The Bertz CT molecular complexity index is 344. The minimum absolute atomic E-state index is 0.835. The van der Waals surface area contributed by atoms with Gasteiger partial charge in [0.2, 0.25) is 0 Å². The molecule has 0 aliphatic carbocycles. The van der Waals surface area contributed by atoms with Crippen LogP contribution in [0.2, 0.25) is 0 Å². The van der Waals surface area contributed by atoms with E-state index in [1.165, 1.54) is 6.42 Å². The predicted octanol–water partition coefficient (Wildman–Crippen LogP) is 1.35. The van der Waals surface area contributed by atoms with E-state index < -0.39 is 0 Å². The van der Waals surface area contributed by atoms with E-state index in [4.69, 9.17) is 0 Å². The van der Waals surface area contributed by atoms with Gasteiger partial charge >= 0.3 is 0 Å². The van der Waals surface area contributed by atoms with Gasteiger partial charge in [-0.15, -0.1) is 0 Å². The summed E-state index contributed by atoms with van der Waals surface area (Å²) in [6.07, 6.45) is 1.28. The molecule has 1 aromatic rings. The molecule has 0 spiro atoms. The molecule has 2 heterocycles. The van der Waals surface area contributed by atoms with Crippen LogP contribution in [0.3, 0.4) is 0 Å². The van der Waals surface area contributed by atoms with Gasteiger partial charge in [0.05, 0.1) is 0 Å². The highest BCUT2D eigenvalue weighted by Gasteiger charge is 2.19. The number of nitrogens with zero attached hydrogens (tertiary/aromatic N) is 3. The van der Waals surface area contributed by atoms with Crippen molar-refractivity contribution >= 4 is 11.6 Å². The normalized spacial score (nSPS) is 15.2. The molecule has 0 amide bonds. The number of hydrogen-bond acceptors (Lipinski definition) is 4. The van der Waals surface area contributed by atoms with Crippen LogP contribution >= 0.6 is 0 Å². The molecule has 76 valence electrons. The lowest BCUT2D eigenvalue weighted by Gasteiger charge is -2.33. The van der Waals surface area contributed by atoms with E-state index in [-0.39, 0.29) is 0 Å². The fourth-order valence-electron chi connectivity index (χ4n) is 1.69. The van der Waals surface area contributed by atoms with Gasteiger partial charge in [0.25, 0.3) is 0 Å². The smallest absolute Gasteiger partial charge is 0.137 e. The first kappa shape index (κ1) is 9.24. The third kappa shape index (κ3) is 1.41. The van der Waals surface area contributed by atoms with Crippen molar-refractivity contribution in [3.05, 3.63) is 11.4 Å². The summed E-state index contributed by atoms with van der Waals surface area (Å²) in [4.78, 5) is 11.1. The zero-order chi connectivity index (χ0) is 10.1. The highest BCUT2D eigenvalue weighted by Crippen LogP contribution is 2.26. The summed E-state index contributed by atoms with van der Waals surface area (Å²) in [6, 6.07) is 0. The van der Waals surface area contributed by atoms with Gasteiger partial charge in [0.1, 0.15) is 17.5 Å². The van der Waals surface area contributed by atoms with E-state index in [2.05, 4.69) is 27.1 Å². The van der Waals surface area contributed by atoms with Crippen molar-refractivity contribution in [2.45, 2.75) is 20.3 Å². The third-order valence-corrected chi connectivity index (χ3v) is 2.62. The van der Waals surface area contributed by atoms with E-state index in [0.717, 1.165) is 36.1 Å². The summed E-state index contributed by atoms with van der Waals surface area (Å²) >= 11 is 0. The Kier molecular flexibility index (Phi) is 2.27. The van der Waals surface area contributed by atoms with Crippen LogP contribution in [-0.2, 0) is 0 Å². The molecule has 0 atom stereocenters. The van der Waals surface area contributed by atoms with Crippen LogP contribution in [0.5, 0.6) is 0 Å². The number of hydrogen-bond donors (Lipinski definition) is 1. The van der Waals surface area contributed by atoms with Crippen molar-refractivity contribution < 1.29 is 0 Å². The fraction of sp³-hybridized carbons (Fsp3) is 0.600. The number of aryl methyl sites for hydroxylation is 1. The van der Waals surface area contributed by atoms with Gasteiger partial charge in [0.15, 0.2) is 0 Å². The molecule has 1 aromatic heterocycles. The lowest BCUT2D eigenvalue weighted by molar-refractivity contribution is 0.606. The molecule has 0 saturated carbocycles. The van der Waals surface area contributed by atoms with Crippen LogP contribution in [-0.4, -0.2) is 30.1 Å². The molecular weight excluding hydrogens is 176 g/mol. The predicted molar refractivity (Wildman–Crippen MR) is 57.9 cm³/mol. The SMILES string of the molecule is CNc1nc(C)nc(N2CCC2)c1C. The van der Waals surface area contributed by atoms with Crippen molar-refractivity contribution in [3.63, 3.8) is 0 Å². The lowest BCUT2D eigenvalue weighted by atomic mass is 10.2. The van der Waals surface area contributed by atoms with Gasteiger partial charge in [-0.3, -0.25) is 0 Å². The zero-order valence-electron chi connectivity index (χ0n) is 8.96. The monoisotopic (exact) mass is 192 g/mol. The van der Waals surface area contributed by atoms with E-state index in [1.807, 2.05) is 14.0 Å². The second-order valence-electron chi connectivity index (χ2n) is 3.66. The van der Waals surface area contributed by atoms with Gasteiger partial charge < -0.3 is 10.2 Å². The molecule has 1 fully saturated rings. The van der Waals surface area contributed by atoms with Crippen molar-refractivity contribution in [1.29, 1.82) is 0 Å². The Hall–Kier alpha value is -1.32. The summed E-state index contributed by atoms with van der Waals surface area (Å²) in [5.74, 6) is 2.87. The fourth-order valence-corrected chi connectivity index (χ4v) is 1.69. The maximum atomic E-state index is 4.48. The van der Waals surface area contributed by atoms with Crippen LogP contribution in [0, 0.1) is 13.8 Å². The van der Waals surface area contributed by atoms with Gasteiger partial charge in [-0.1, -0.05) is 0 Å². The van der Waals surface area contributed by atoms with Crippen LogP contribution in [0.1, 0.15) is 17.8 Å². The summed E-state index contributed by atoms with van der Waals surface area (Å²) in [5, 5.41) is 3.10. The van der Waals surface area contributed by atoms with Gasteiger partial charge in [0, 0.05) is 25.7 Å². The average Bonchev–Trinajstić information content (AvgIpc) is 2.07. The molecule has 4 nitrogen and oxygen atoms in total. The van der Waals surface area contributed by atoms with Crippen LogP contribution in [0.4, 0.5) is 11.6 Å². The van der Waals surface area contributed by atoms with Gasteiger partial charge in [-0.25, -0.2) is 9.97 Å². The Morgan fingerprint density at radius 3 is 2.43 bits per heavy atom. The highest BCUT2D eigenvalue weighted by molar-refractivity contribution is 5.59. The quantitative estimate of drug-likeness (QED) is 0.768. The Labute approximate surface area is 84.4 Å². The summed E-state index contributed by atoms with van der Waals surface area (Å²) in [5.41, 5.74) is 1.15. The average molecular weight is 192 g/mol. The molecule has 1 saturated heterocycles. The minimum atomic E-state index is 0.835. The topological polar surface area (TPSA) is 41.1 Å². The molecule has 1 N–H and O–H groups in total. The number of aromatic nitrogens is 2. The molecular formula is C10H16N4. The molecule has 0 aromatic carbocycles. The van der Waals surface area contributed by atoms with E-state index in [9.17, 15) is 0 Å². The minimum Gasteiger partial charge on any atom is -0.373 e. The number of nitrogens with one attached hydrogen (secondary N) is 1. The molecule has 0 radical (unpaired) electrons. The molecule has 1 aliphatic heterocycles. The van der Waals surface area contributed by atoms with Gasteiger partial charge in [-0.2, -0.15) is 0 Å². The largest absolute Gasteiger partial charge is 0.373 e. The second-order valence-corrected chi connectivity index (χ2v) is 3.66. The van der Waals surface area contributed by atoms with Crippen molar-refractivity contribution in [2.24, 2.45) is 0 Å². The molecule has 0 unspecified atom stereocenters. The molecule has 2 rings (SSSR count). The molecule has 1 aliphatic rings. The first-order chi connectivity index (χ1) is 6.72. The maximum Gasteiger partial charge on any atom is 0.137 e. The van der Waals surface area contributed by atoms with Crippen LogP contribution in [0.25, 0.3) is 0 Å². The second kappa shape index (κ2) is 3.44. The first-order valence-corrected chi connectivity index (χ1v) is 5.00. The third-order valence-electron chi connectivity index (χ3n) is 2.62. The Balaban J connectivity index is 2.41. The Morgan fingerprint density at radius 2 is 1.93 bits per heavy atom. The van der Waals surface area contributed by atoms with Gasteiger partial charge in [-0.05, 0) is 20.3 Å². The Morgan fingerprint density at radius 1 is 1.21 bits per heavy atom. The van der Waals surface area contributed by atoms with E-state index in [1.54, 1.807) is 0 Å². The van der Waals surface area contributed by atoms with Crippen LogP contribution in [0.15, 0.2) is 0 Å². The summed E-state index contributed by atoms with van der Waals surface area (Å²) in [6.45, 7) is 6.25.